The zero-order chi connectivity index (χ0) is 17.0. The normalized spacial score (nSPS) is 13.4. The van der Waals surface area contributed by atoms with Gasteiger partial charge in [-0.3, -0.25) is 4.79 Å². The van der Waals surface area contributed by atoms with Gasteiger partial charge in [-0.2, -0.15) is 0 Å². The number of hydrogen-bond donors (Lipinski definition) is 2. The van der Waals surface area contributed by atoms with Crippen LogP contribution >= 0.6 is 11.3 Å². The molecule has 0 bridgehead atoms. The number of aliphatic hydroxyl groups is 1. The molecule has 0 spiro atoms. The van der Waals surface area contributed by atoms with Crippen LogP contribution in [0.25, 0.3) is 11.3 Å². The van der Waals surface area contributed by atoms with Crippen LogP contribution in [-0.4, -0.2) is 32.6 Å². The van der Waals surface area contributed by atoms with E-state index in [9.17, 15) is 9.90 Å². The van der Waals surface area contributed by atoms with Crippen LogP contribution < -0.4 is 5.32 Å². The van der Waals surface area contributed by atoms with E-state index >= 15 is 0 Å². The Morgan fingerprint density at radius 3 is 2.79 bits per heavy atom. The molecular weight excluding hydrogens is 324 g/mol. The lowest BCUT2D eigenvalue weighted by molar-refractivity contribution is -0.123. The molecule has 124 valence electrons. The molecule has 7 heteroatoms. The Balaban J connectivity index is 1.57. The Kier molecular flexibility index (Phi) is 4.73. The van der Waals surface area contributed by atoms with Gasteiger partial charge >= 0.3 is 0 Å². The molecule has 3 aromatic rings. The van der Waals surface area contributed by atoms with Gasteiger partial charge in [0.25, 0.3) is 0 Å². The first-order valence-electron chi connectivity index (χ1n) is 7.53. The fourth-order valence-corrected chi connectivity index (χ4v) is 3.05. The highest BCUT2D eigenvalue weighted by Gasteiger charge is 2.24. The standard InChI is InChI=1S/C17H18N4O2S/c1-17(23,15-8-5-9-24-15)12-18-16(22)11-21-10-14(19-20-21)13-6-3-2-4-7-13/h2-10,23H,11-12H2,1H3,(H,18,22). The number of nitrogens with one attached hydrogen (secondary N) is 1. The largest absolute Gasteiger partial charge is 0.383 e. The predicted molar refractivity (Wildman–Crippen MR) is 92.4 cm³/mol. The molecule has 24 heavy (non-hydrogen) atoms. The molecule has 2 N–H and O–H groups in total. The van der Waals surface area contributed by atoms with Gasteiger partial charge in [-0.15, -0.1) is 16.4 Å². The van der Waals surface area contributed by atoms with Gasteiger partial charge in [0.15, 0.2) is 0 Å². The number of carbonyl (C=O) groups is 1. The molecule has 0 saturated heterocycles. The second-order valence-electron chi connectivity index (χ2n) is 5.70. The van der Waals surface area contributed by atoms with Gasteiger partial charge in [-0.25, -0.2) is 4.68 Å². The highest BCUT2D eigenvalue weighted by atomic mass is 32.1. The van der Waals surface area contributed by atoms with E-state index in [1.807, 2.05) is 47.8 Å². The fourth-order valence-electron chi connectivity index (χ4n) is 2.26. The van der Waals surface area contributed by atoms with Crippen LogP contribution in [-0.2, 0) is 16.9 Å². The van der Waals surface area contributed by atoms with Crippen molar-refractivity contribution in [2.75, 3.05) is 6.54 Å². The summed E-state index contributed by atoms with van der Waals surface area (Å²) in [6, 6.07) is 13.4. The molecule has 0 aliphatic heterocycles. The number of hydrogen-bond acceptors (Lipinski definition) is 5. The number of rotatable bonds is 6. The summed E-state index contributed by atoms with van der Waals surface area (Å²) in [7, 11) is 0. The number of aromatic nitrogens is 3. The third-order valence-corrected chi connectivity index (χ3v) is 4.72. The lowest BCUT2D eigenvalue weighted by atomic mass is 10.1. The molecule has 1 aromatic carbocycles. The Labute approximate surface area is 143 Å². The Bertz CT molecular complexity index is 797. The van der Waals surface area contributed by atoms with Crippen molar-refractivity contribution < 1.29 is 9.90 Å². The molecule has 2 heterocycles. The summed E-state index contributed by atoms with van der Waals surface area (Å²) >= 11 is 1.46. The van der Waals surface area contributed by atoms with Gasteiger partial charge in [0, 0.05) is 10.4 Å². The van der Waals surface area contributed by atoms with Crippen LogP contribution in [0.15, 0.2) is 54.0 Å². The molecule has 0 saturated carbocycles. The van der Waals surface area contributed by atoms with Crippen LogP contribution in [0, 0.1) is 0 Å². The third-order valence-electron chi connectivity index (χ3n) is 3.60. The zero-order valence-corrected chi connectivity index (χ0v) is 14.0. The second-order valence-corrected chi connectivity index (χ2v) is 6.64. The van der Waals surface area contributed by atoms with Gasteiger partial charge in [-0.1, -0.05) is 41.6 Å². The fraction of sp³-hybridized carbons (Fsp3) is 0.235. The molecule has 0 aliphatic rings. The maximum absolute atomic E-state index is 12.1. The molecular formula is C17H18N4O2S. The topological polar surface area (TPSA) is 80.0 Å². The van der Waals surface area contributed by atoms with Crippen molar-refractivity contribution in [3.63, 3.8) is 0 Å². The number of nitrogens with zero attached hydrogens (tertiary/aromatic N) is 3. The molecule has 0 fully saturated rings. The minimum absolute atomic E-state index is 0.0559. The van der Waals surface area contributed by atoms with E-state index in [4.69, 9.17) is 0 Å². The Morgan fingerprint density at radius 1 is 1.29 bits per heavy atom. The van der Waals surface area contributed by atoms with Crippen molar-refractivity contribution in [3.8, 4) is 11.3 Å². The van der Waals surface area contributed by atoms with Crippen molar-refractivity contribution >= 4 is 17.2 Å². The molecule has 6 nitrogen and oxygen atoms in total. The van der Waals surface area contributed by atoms with E-state index < -0.39 is 5.60 Å². The number of carbonyl (C=O) groups excluding carboxylic acids is 1. The first kappa shape index (κ1) is 16.4. The molecule has 0 aliphatic carbocycles. The van der Waals surface area contributed by atoms with Crippen molar-refractivity contribution in [3.05, 3.63) is 58.9 Å². The molecule has 0 radical (unpaired) electrons. The van der Waals surface area contributed by atoms with Crippen molar-refractivity contribution in [2.24, 2.45) is 0 Å². The third kappa shape index (κ3) is 3.87. The number of benzene rings is 1. The first-order valence-corrected chi connectivity index (χ1v) is 8.41. The van der Waals surface area contributed by atoms with E-state index in [0.29, 0.717) is 5.69 Å². The summed E-state index contributed by atoms with van der Waals surface area (Å²) in [5.74, 6) is -0.226. The minimum Gasteiger partial charge on any atom is -0.383 e. The summed E-state index contributed by atoms with van der Waals surface area (Å²) < 4.78 is 1.48. The molecule has 1 unspecified atom stereocenters. The van der Waals surface area contributed by atoms with Crippen molar-refractivity contribution in [1.29, 1.82) is 0 Å². The summed E-state index contributed by atoms with van der Waals surface area (Å²) in [4.78, 5) is 12.9. The van der Waals surface area contributed by atoms with Gasteiger partial charge < -0.3 is 10.4 Å². The molecule has 2 aromatic heterocycles. The lowest BCUT2D eigenvalue weighted by Crippen LogP contribution is -2.39. The van der Waals surface area contributed by atoms with Crippen LogP contribution in [0.5, 0.6) is 0 Å². The van der Waals surface area contributed by atoms with Crippen molar-refractivity contribution in [2.45, 2.75) is 19.1 Å². The average molecular weight is 342 g/mol. The van der Waals surface area contributed by atoms with Crippen LogP contribution in [0.2, 0.25) is 0 Å². The summed E-state index contributed by atoms with van der Waals surface area (Å²) in [5.41, 5.74) is 0.584. The van der Waals surface area contributed by atoms with Crippen LogP contribution in [0.1, 0.15) is 11.8 Å². The molecule has 3 rings (SSSR count). The van der Waals surface area contributed by atoms with Crippen LogP contribution in [0.4, 0.5) is 0 Å². The van der Waals surface area contributed by atoms with Gasteiger partial charge in [-0.05, 0) is 18.4 Å². The van der Waals surface area contributed by atoms with Crippen molar-refractivity contribution in [1.82, 2.24) is 20.3 Å². The SMILES string of the molecule is CC(O)(CNC(=O)Cn1cc(-c2ccccc2)nn1)c1cccs1. The summed E-state index contributed by atoms with van der Waals surface area (Å²) in [5, 5.41) is 23.1. The second kappa shape index (κ2) is 6.94. The summed E-state index contributed by atoms with van der Waals surface area (Å²) in [6.45, 7) is 1.88. The maximum atomic E-state index is 12.1. The van der Waals surface area contributed by atoms with E-state index in [1.165, 1.54) is 16.0 Å². The quantitative estimate of drug-likeness (QED) is 0.718. The molecule has 1 atom stereocenters. The number of amides is 1. The average Bonchev–Trinajstić information content (AvgIpc) is 3.26. The van der Waals surface area contributed by atoms with E-state index in [-0.39, 0.29) is 19.0 Å². The highest BCUT2D eigenvalue weighted by molar-refractivity contribution is 7.10. The van der Waals surface area contributed by atoms with Gasteiger partial charge in [0.1, 0.15) is 17.8 Å². The monoisotopic (exact) mass is 342 g/mol. The Morgan fingerprint density at radius 2 is 2.08 bits per heavy atom. The lowest BCUT2D eigenvalue weighted by Gasteiger charge is -2.22. The van der Waals surface area contributed by atoms with E-state index in [2.05, 4.69) is 15.6 Å². The highest BCUT2D eigenvalue weighted by Crippen LogP contribution is 2.24. The minimum atomic E-state index is -1.08. The smallest absolute Gasteiger partial charge is 0.241 e. The summed E-state index contributed by atoms with van der Waals surface area (Å²) in [6.07, 6.45) is 1.73. The zero-order valence-electron chi connectivity index (χ0n) is 13.2. The van der Waals surface area contributed by atoms with E-state index in [0.717, 1.165) is 10.4 Å². The Hall–Kier alpha value is -2.51. The van der Waals surface area contributed by atoms with Crippen LogP contribution in [0.3, 0.4) is 0 Å². The number of thiophene rings is 1. The van der Waals surface area contributed by atoms with E-state index in [1.54, 1.807) is 13.1 Å². The van der Waals surface area contributed by atoms with Gasteiger partial charge in [0.05, 0.1) is 12.7 Å². The molecule has 1 amide bonds. The van der Waals surface area contributed by atoms with Gasteiger partial charge in [0.2, 0.25) is 5.91 Å². The maximum Gasteiger partial charge on any atom is 0.241 e. The predicted octanol–water partition coefficient (Wildman–Crippen LogP) is 2.03. The first-order chi connectivity index (χ1) is 11.5.